The first-order valence-electron chi connectivity index (χ1n) is 12.9. The Morgan fingerprint density at radius 1 is 0.500 bits per heavy atom. The SMILES string of the molecule is Cc1ccccc1-c1nc(-c2ccccc2)cc(-c2ccc(-n3c4ccccc4c4ccccc43)cc2)n1. The van der Waals surface area contributed by atoms with E-state index in [1.807, 2.05) is 30.3 Å². The van der Waals surface area contributed by atoms with Gasteiger partial charge in [-0.2, -0.15) is 0 Å². The first-order valence-corrected chi connectivity index (χ1v) is 12.9. The van der Waals surface area contributed by atoms with E-state index < -0.39 is 0 Å². The van der Waals surface area contributed by atoms with Crippen LogP contribution in [0.1, 0.15) is 5.56 Å². The monoisotopic (exact) mass is 487 g/mol. The molecule has 0 saturated heterocycles. The summed E-state index contributed by atoms with van der Waals surface area (Å²) >= 11 is 0. The standard InChI is InChI=1S/C35H25N3/c1-24-11-5-6-14-28(24)35-36-31(25-12-3-2-4-13-25)23-32(37-35)26-19-21-27(22-20-26)38-33-17-9-7-15-29(33)30-16-8-10-18-34(30)38/h2-23H,1H3. The zero-order chi connectivity index (χ0) is 25.5. The molecule has 5 aromatic carbocycles. The van der Waals surface area contributed by atoms with Crippen LogP contribution in [0.5, 0.6) is 0 Å². The molecule has 0 amide bonds. The maximum atomic E-state index is 5.03. The average molecular weight is 488 g/mol. The Kier molecular flexibility index (Phi) is 5.33. The minimum atomic E-state index is 0.742. The number of hydrogen-bond acceptors (Lipinski definition) is 2. The van der Waals surface area contributed by atoms with Crippen LogP contribution in [0.4, 0.5) is 0 Å². The highest BCUT2D eigenvalue weighted by molar-refractivity contribution is 6.09. The van der Waals surface area contributed by atoms with E-state index in [2.05, 4.69) is 115 Å². The van der Waals surface area contributed by atoms with Crippen molar-refractivity contribution in [2.45, 2.75) is 6.92 Å². The molecule has 0 saturated carbocycles. The number of para-hydroxylation sites is 2. The van der Waals surface area contributed by atoms with E-state index in [1.54, 1.807) is 0 Å². The molecule has 180 valence electrons. The lowest BCUT2D eigenvalue weighted by Gasteiger charge is -2.12. The first-order chi connectivity index (χ1) is 18.8. The molecule has 0 N–H and O–H groups in total. The van der Waals surface area contributed by atoms with Gasteiger partial charge < -0.3 is 4.57 Å². The normalized spacial score (nSPS) is 11.3. The van der Waals surface area contributed by atoms with Gasteiger partial charge in [0.15, 0.2) is 5.82 Å². The maximum absolute atomic E-state index is 5.03. The summed E-state index contributed by atoms with van der Waals surface area (Å²) in [5.74, 6) is 0.742. The molecule has 0 radical (unpaired) electrons. The molecule has 0 bridgehead atoms. The van der Waals surface area contributed by atoms with Gasteiger partial charge in [-0.15, -0.1) is 0 Å². The Morgan fingerprint density at radius 3 is 1.66 bits per heavy atom. The quantitative estimate of drug-likeness (QED) is 0.248. The molecule has 0 aliphatic heterocycles. The molecule has 2 aromatic heterocycles. The summed E-state index contributed by atoms with van der Waals surface area (Å²) in [5, 5.41) is 2.52. The van der Waals surface area contributed by atoms with Crippen molar-refractivity contribution in [3.8, 4) is 39.6 Å². The first kappa shape index (κ1) is 22.2. The second-order valence-electron chi connectivity index (χ2n) is 9.56. The fourth-order valence-electron chi connectivity index (χ4n) is 5.28. The fraction of sp³-hybridized carbons (Fsp3) is 0.0286. The van der Waals surface area contributed by atoms with Crippen molar-refractivity contribution in [3.63, 3.8) is 0 Å². The summed E-state index contributed by atoms with van der Waals surface area (Å²) in [6.07, 6.45) is 0. The summed E-state index contributed by atoms with van der Waals surface area (Å²) in [6.45, 7) is 2.11. The largest absolute Gasteiger partial charge is 0.309 e. The van der Waals surface area contributed by atoms with E-state index >= 15 is 0 Å². The summed E-state index contributed by atoms with van der Waals surface area (Å²) < 4.78 is 2.34. The Balaban J connectivity index is 1.37. The van der Waals surface area contributed by atoms with Gasteiger partial charge in [-0.1, -0.05) is 103 Å². The van der Waals surface area contributed by atoms with Gasteiger partial charge in [-0.25, -0.2) is 9.97 Å². The minimum absolute atomic E-state index is 0.742. The van der Waals surface area contributed by atoms with Crippen molar-refractivity contribution < 1.29 is 0 Å². The summed E-state index contributed by atoms with van der Waals surface area (Å²) in [4.78, 5) is 10.0. The van der Waals surface area contributed by atoms with Gasteiger partial charge in [0.2, 0.25) is 0 Å². The molecule has 38 heavy (non-hydrogen) atoms. The second-order valence-corrected chi connectivity index (χ2v) is 9.56. The van der Waals surface area contributed by atoms with Gasteiger partial charge in [0.1, 0.15) is 0 Å². The lowest BCUT2D eigenvalue weighted by molar-refractivity contribution is 1.16. The van der Waals surface area contributed by atoms with Crippen molar-refractivity contribution in [1.82, 2.24) is 14.5 Å². The van der Waals surface area contributed by atoms with Gasteiger partial charge in [0.25, 0.3) is 0 Å². The van der Waals surface area contributed by atoms with Gasteiger partial charge in [-0.3, -0.25) is 0 Å². The van der Waals surface area contributed by atoms with Gasteiger partial charge in [0.05, 0.1) is 22.4 Å². The lowest BCUT2D eigenvalue weighted by atomic mass is 10.0. The van der Waals surface area contributed by atoms with Crippen LogP contribution in [0.25, 0.3) is 61.4 Å². The molecule has 7 rings (SSSR count). The lowest BCUT2D eigenvalue weighted by Crippen LogP contribution is -1.98. The molecule has 2 heterocycles. The molecular weight excluding hydrogens is 462 g/mol. The smallest absolute Gasteiger partial charge is 0.160 e. The number of nitrogens with zero attached hydrogens (tertiary/aromatic N) is 3. The Morgan fingerprint density at radius 2 is 1.03 bits per heavy atom. The van der Waals surface area contributed by atoms with Crippen molar-refractivity contribution >= 4 is 21.8 Å². The molecule has 0 fully saturated rings. The Bertz CT molecular complexity index is 1860. The molecule has 3 nitrogen and oxygen atoms in total. The van der Waals surface area contributed by atoms with Crippen molar-refractivity contribution in [2.75, 3.05) is 0 Å². The van der Waals surface area contributed by atoms with Gasteiger partial charge in [-0.05, 0) is 42.8 Å². The predicted molar refractivity (Wildman–Crippen MR) is 157 cm³/mol. The van der Waals surface area contributed by atoms with E-state index in [4.69, 9.17) is 9.97 Å². The highest BCUT2D eigenvalue weighted by Gasteiger charge is 2.14. The topological polar surface area (TPSA) is 30.7 Å². The van der Waals surface area contributed by atoms with E-state index in [1.165, 1.54) is 21.8 Å². The van der Waals surface area contributed by atoms with Crippen LogP contribution < -0.4 is 0 Å². The van der Waals surface area contributed by atoms with Crippen LogP contribution >= 0.6 is 0 Å². The summed E-state index contributed by atoms with van der Waals surface area (Å²) in [7, 11) is 0. The van der Waals surface area contributed by atoms with Crippen LogP contribution in [0.2, 0.25) is 0 Å². The molecule has 0 spiro atoms. The van der Waals surface area contributed by atoms with Crippen molar-refractivity contribution in [1.29, 1.82) is 0 Å². The molecule has 7 aromatic rings. The minimum Gasteiger partial charge on any atom is -0.309 e. The van der Waals surface area contributed by atoms with Crippen LogP contribution in [0.15, 0.2) is 133 Å². The van der Waals surface area contributed by atoms with Crippen LogP contribution in [-0.4, -0.2) is 14.5 Å². The van der Waals surface area contributed by atoms with Crippen molar-refractivity contribution in [3.05, 3.63) is 139 Å². The highest BCUT2D eigenvalue weighted by Crippen LogP contribution is 2.33. The third kappa shape index (κ3) is 3.77. The zero-order valence-electron chi connectivity index (χ0n) is 21.0. The van der Waals surface area contributed by atoms with E-state index in [0.29, 0.717) is 0 Å². The van der Waals surface area contributed by atoms with E-state index in [0.717, 1.165) is 45.2 Å². The van der Waals surface area contributed by atoms with Crippen LogP contribution in [0, 0.1) is 6.92 Å². The van der Waals surface area contributed by atoms with Crippen LogP contribution in [-0.2, 0) is 0 Å². The third-order valence-corrected chi connectivity index (χ3v) is 7.18. The Hall–Kier alpha value is -5.02. The third-order valence-electron chi connectivity index (χ3n) is 7.18. The second kappa shape index (κ2) is 9.13. The summed E-state index contributed by atoms with van der Waals surface area (Å²) in [6, 6.07) is 46.6. The molecule has 0 unspecified atom stereocenters. The molecule has 0 atom stereocenters. The number of fused-ring (bicyclic) bond motifs is 3. The average Bonchev–Trinajstić information content (AvgIpc) is 3.32. The van der Waals surface area contributed by atoms with Gasteiger partial charge in [0, 0.05) is 33.2 Å². The number of benzene rings is 5. The summed E-state index contributed by atoms with van der Waals surface area (Å²) in [5.41, 5.74) is 9.71. The van der Waals surface area contributed by atoms with E-state index in [9.17, 15) is 0 Å². The molecule has 0 aliphatic rings. The Labute approximate surface area is 221 Å². The maximum Gasteiger partial charge on any atom is 0.160 e. The number of hydrogen-bond donors (Lipinski definition) is 0. The van der Waals surface area contributed by atoms with Crippen LogP contribution in [0.3, 0.4) is 0 Å². The zero-order valence-corrected chi connectivity index (χ0v) is 21.0. The molecule has 0 aliphatic carbocycles. The molecular formula is C35H25N3. The number of aromatic nitrogens is 3. The number of aryl methyl sites for hydroxylation is 1. The van der Waals surface area contributed by atoms with Gasteiger partial charge >= 0.3 is 0 Å². The van der Waals surface area contributed by atoms with E-state index in [-0.39, 0.29) is 0 Å². The van der Waals surface area contributed by atoms with Crippen molar-refractivity contribution in [2.24, 2.45) is 0 Å². The molecule has 3 heteroatoms. The number of rotatable bonds is 4. The predicted octanol–water partition coefficient (Wildman–Crippen LogP) is 8.88. The highest BCUT2D eigenvalue weighted by atomic mass is 15.0. The fourth-order valence-corrected chi connectivity index (χ4v) is 5.28.